The highest BCUT2D eigenvalue weighted by molar-refractivity contribution is 5.99. The lowest BCUT2D eigenvalue weighted by Gasteiger charge is -2.04. The Hall–Kier alpha value is -2.42. The molecule has 0 radical (unpaired) electrons. The normalized spacial score (nSPS) is 20.2. The van der Waals surface area contributed by atoms with Crippen molar-refractivity contribution in [2.45, 2.75) is 32.6 Å². The Labute approximate surface area is 137 Å². The first-order valence-corrected chi connectivity index (χ1v) is 8.17. The van der Waals surface area contributed by atoms with E-state index in [1.807, 2.05) is 37.3 Å². The van der Waals surface area contributed by atoms with Crippen LogP contribution in [0.3, 0.4) is 0 Å². The van der Waals surface area contributed by atoms with Crippen LogP contribution in [0.4, 0.5) is 0 Å². The minimum atomic E-state index is 0.0170. The van der Waals surface area contributed by atoms with Crippen molar-refractivity contribution in [3.05, 3.63) is 71.3 Å². The maximum absolute atomic E-state index is 12.2. The molecule has 2 aromatic rings. The molecule has 1 aliphatic carbocycles. The first-order chi connectivity index (χ1) is 11.2. The van der Waals surface area contributed by atoms with E-state index in [2.05, 4.69) is 41.7 Å². The summed E-state index contributed by atoms with van der Waals surface area (Å²) in [6.07, 6.45) is 1.94. The molecule has 0 saturated heterocycles. The standard InChI is InChI=1S/C20H22N2O/c1-3-15-9-11-16(12-10-15)14(2)21-22-20(23)19-13-18(19)17-7-5-4-6-8-17/h4-12,18-19H,3,13H2,1-2H3,(H,22,23)/b21-14-/t18-,19-/m0/s1. The van der Waals surface area contributed by atoms with Crippen molar-refractivity contribution in [3.8, 4) is 0 Å². The number of carbonyl (C=O) groups excluding carboxylic acids is 1. The molecule has 1 amide bonds. The molecule has 118 valence electrons. The van der Waals surface area contributed by atoms with Crippen LogP contribution in [0.1, 0.15) is 42.9 Å². The Kier molecular flexibility index (Phi) is 4.56. The van der Waals surface area contributed by atoms with E-state index >= 15 is 0 Å². The SMILES string of the molecule is CCc1ccc(/C(C)=N\NC(=O)[C@H]2C[C@H]2c2ccccc2)cc1. The van der Waals surface area contributed by atoms with E-state index in [0.717, 1.165) is 24.1 Å². The fraction of sp³-hybridized carbons (Fsp3) is 0.300. The number of aryl methyl sites for hydroxylation is 1. The molecule has 1 N–H and O–H groups in total. The highest BCUT2D eigenvalue weighted by Gasteiger charge is 2.43. The molecule has 3 nitrogen and oxygen atoms in total. The zero-order chi connectivity index (χ0) is 16.2. The number of hydrogen-bond acceptors (Lipinski definition) is 2. The third kappa shape index (κ3) is 3.67. The van der Waals surface area contributed by atoms with Gasteiger partial charge in [-0.2, -0.15) is 5.10 Å². The summed E-state index contributed by atoms with van der Waals surface area (Å²) in [7, 11) is 0. The molecule has 1 fully saturated rings. The molecule has 1 aliphatic rings. The van der Waals surface area contributed by atoms with E-state index in [0.29, 0.717) is 5.92 Å². The number of amides is 1. The summed E-state index contributed by atoms with van der Waals surface area (Å²) >= 11 is 0. The average molecular weight is 306 g/mol. The minimum Gasteiger partial charge on any atom is -0.273 e. The smallest absolute Gasteiger partial charge is 0.243 e. The maximum Gasteiger partial charge on any atom is 0.243 e. The highest BCUT2D eigenvalue weighted by Crippen LogP contribution is 2.47. The van der Waals surface area contributed by atoms with Gasteiger partial charge in [0, 0.05) is 5.92 Å². The van der Waals surface area contributed by atoms with Crippen LogP contribution in [-0.4, -0.2) is 11.6 Å². The van der Waals surface area contributed by atoms with Crippen LogP contribution in [0.5, 0.6) is 0 Å². The molecule has 0 aromatic heterocycles. The highest BCUT2D eigenvalue weighted by atomic mass is 16.2. The average Bonchev–Trinajstić information content (AvgIpc) is 3.41. The summed E-state index contributed by atoms with van der Waals surface area (Å²) in [4.78, 5) is 12.2. The number of hydrazone groups is 1. The van der Waals surface area contributed by atoms with Crippen LogP contribution in [0.15, 0.2) is 59.7 Å². The summed E-state index contributed by atoms with van der Waals surface area (Å²) in [6, 6.07) is 18.5. The van der Waals surface area contributed by atoms with Gasteiger partial charge in [0.2, 0.25) is 5.91 Å². The number of benzene rings is 2. The maximum atomic E-state index is 12.2. The number of carbonyl (C=O) groups is 1. The van der Waals surface area contributed by atoms with E-state index in [1.54, 1.807) is 0 Å². The number of rotatable bonds is 5. The van der Waals surface area contributed by atoms with Gasteiger partial charge in [0.05, 0.1) is 5.71 Å². The summed E-state index contributed by atoms with van der Waals surface area (Å²) in [5, 5.41) is 4.26. The Morgan fingerprint density at radius 1 is 1.13 bits per heavy atom. The number of hydrogen-bond donors (Lipinski definition) is 1. The van der Waals surface area contributed by atoms with Gasteiger partial charge in [-0.3, -0.25) is 4.79 Å². The van der Waals surface area contributed by atoms with Crippen molar-refractivity contribution in [2.24, 2.45) is 11.0 Å². The van der Waals surface area contributed by atoms with Crippen molar-refractivity contribution in [3.63, 3.8) is 0 Å². The fourth-order valence-corrected chi connectivity index (χ4v) is 2.82. The molecule has 23 heavy (non-hydrogen) atoms. The molecule has 0 heterocycles. The fourth-order valence-electron chi connectivity index (χ4n) is 2.82. The Bertz CT molecular complexity index is 704. The summed E-state index contributed by atoms with van der Waals surface area (Å²) in [5.74, 6) is 0.412. The molecule has 0 bridgehead atoms. The van der Waals surface area contributed by atoms with Gasteiger partial charge >= 0.3 is 0 Å². The zero-order valence-electron chi connectivity index (χ0n) is 13.6. The van der Waals surface area contributed by atoms with E-state index in [9.17, 15) is 4.79 Å². The lowest BCUT2D eigenvalue weighted by molar-refractivity contribution is -0.122. The lowest BCUT2D eigenvalue weighted by Crippen LogP contribution is -2.21. The molecular weight excluding hydrogens is 284 g/mol. The van der Waals surface area contributed by atoms with Gasteiger partial charge in [-0.15, -0.1) is 0 Å². The zero-order valence-corrected chi connectivity index (χ0v) is 13.6. The molecule has 2 aromatic carbocycles. The van der Waals surface area contributed by atoms with Crippen LogP contribution in [0.25, 0.3) is 0 Å². The Morgan fingerprint density at radius 3 is 2.48 bits per heavy atom. The second-order valence-corrected chi connectivity index (χ2v) is 6.08. The quantitative estimate of drug-likeness (QED) is 0.661. The van der Waals surface area contributed by atoms with E-state index < -0.39 is 0 Å². The second-order valence-electron chi connectivity index (χ2n) is 6.08. The van der Waals surface area contributed by atoms with E-state index in [1.165, 1.54) is 11.1 Å². The van der Waals surface area contributed by atoms with E-state index in [4.69, 9.17) is 0 Å². The summed E-state index contributed by atoms with van der Waals surface area (Å²) < 4.78 is 0. The number of nitrogens with zero attached hydrogens (tertiary/aromatic N) is 1. The van der Waals surface area contributed by atoms with Crippen LogP contribution in [0.2, 0.25) is 0 Å². The third-order valence-corrected chi connectivity index (χ3v) is 4.47. The van der Waals surface area contributed by atoms with Crippen molar-refractivity contribution in [2.75, 3.05) is 0 Å². The largest absolute Gasteiger partial charge is 0.273 e. The third-order valence-electron chi connectivity index (χ3n) is 4.47. The monoisotopic (exact) mass is 306 g/mol. The minimum absolute atomic E-state index is 0.0170. The van der Waals surface area contributed by atoms with Crippen molar-refractivity contribution >= 4 is 11.6 Å². The molecule has 0 aliphatic heterocycles. The topological polar surface area (TPSA) is 41.5 Å². The second kappa shape index (κ2) is 6.78. The summed E-state index contributed by atoms with van der Waals surface area (Å²) in [6.45, 7) is 4.05. The predicted octanol–water partition coefficient (Wildman–Crippen LogP) is 3.89. The first-order valence-electron chi connectivity index (χ1n) is 8.17. The van der Waals surface area contributed by atoms with Gasteiger partial charge in [0.15, 0.2) is 0 Å². The van der Waals surface area contributed by atoms with Gasteiger partial charge in [-0.05, 0) is 42.4 Å². The van der Waals surface area contributed by atoms with Gasteiger partial charge in [0.1, 0.15) is 0 Å². The molecule has 1 saturated carbocycles. The molecule has 3 heteroatoms. The Balaban J connectivity index is 1.58. The first kappa shape index (κ1) is 15.5. The van der Waals surface area contributed by atoms with Crippen LogP contribution in [0, 0.1) is 5.92 Å². The molecule has 2 atom stereocenters. The Morgan fingerprint density at radius 2 is 1.83 bits per heavy atom. The van der Waals surface area contributed by atoms with Gasteiger partial charge in [-0.25, -0.2) is 5.43 Å². The number of nitrogens with one attached hydrogen (secondary N) is 1. The van der Waals surface area contributed by atoms with Crippen molar-refractivity contribution in [1.29, 1.82) is 0 Å². The van der Waals surface area contributed by atoms with Crippen LogP contribution >= 0.6 is 0 Å². The van der Waals surface area contributed by atoms with Crippen LogP contribution in [-0.2, 0) is 11.2 Å². The lowest BCUT2D eigenvalue weighted by atomic mass is 10.1. The molecule has 0 unspecified atom stereocenters. The summed E-state index contributed by atoms with van der Waals surface area (Å²) in [5.41, 5.74) is 7.13. The van der Waals surface area contributed by atoms with Crippen molar-refractivity contribution in [1.82, 2.24) is 5.43 Å². The van der Waals surface area contributed by atoms with Crippen molar-refractivity contribution < 1.29 is 4.79 Å². The van der Waals surface area contributed by atoms with Gasteiger partial charge in [0.25, 0.3) is 0 Å². The molecule has 0 spiro atoms. The molecular formula is C20H22N2O. The van der Waals surface area contributed by atoms with Crippen LogP contribution < -0.4 is 5.43 Å². The molecule has 3 rings (SSSR count). The van der Waals surface area contributed by atoms with E-state index in [-0.39, 0.29) is 11.8 Å². The van der Waals surface area contributed by atoms with Gasteiger partial charge < -0.3 is 0 Å². The predicted molar refractivity (Wildman–Crippen MR) is 93.5 cm³/mol. The van der Waals surface area contributed by atoms with Gasteiger partial charge in [-0.1, -0.05) is 61.5 Å².